The summed E-state index contributed by atoms with van der Waals surface area (Å²) in [6.07, 6.45) is 0. The van der Waals surface area contributed by atoms with E-state index in [-0.39, 0.29) is 24.0 Å². The van der Waals surface area contributed by atoms with Crippen molar-refractivity contribution in [3.8, 4) is 5.75 Å². The molecule has 1 amide bonds. The van der Waals surface area contributed by atoms with Crippen LogP contribution in [0.3, 0.4) is 0 Å². The molecule has 0 spiro atoms. The van der Waals surface area contributed by atoms with Crippen LogP contribution in [-0.2, 0) is 4.79 Å². The average Bonchev–Trinajstić information content (AvgIpc) is 2.26. The summed E-state index contributed by atoms with van der Waals surface area (Å²) in [5.41, 5.74) is -0.223. The minimum Gasteiger partial charge on any atom is -0.477 e. The Labute approximate surface area is 103 Å². The van der Waals surface area contributed by atoms with E-state index in [0.717, 1.165) is 0 Å². The Kier molecular flexibility index (Phi) is 4.71. The summed E-state index contributed by atoms with van der Waals surface area (Å²) >= 11 is 5.69. The van der Waals surface area contributed by atoms with Gasteiger partial charge < -0.3 is 10.1 Å². The zero-order valence-corrected chi connectivity index (χ0v) is 9.86. The number of amides is 1. The number of nitrogens with zero attached hydrogens (tertiary/aromatic N) is 1. The van der Waals surface area contributed by atoms with Crippen molar-refractivity contribution in [1.82, 2.24) is 5.32 Å². The predicted octanol–water partition coefficient (Wildman–Crippen LogP) is 1.76. The molecule has 0 saturated heterocycles. The standard InChI is InChI=1S/C10H11ClN2O4/c1-2-12-10(14)6-17-9-5-7(11)3-4-8(9)13(15)16/h3-5H,2,6H2,1H3,(H,12,14). The van der Waals surface area contributed by atoms with Crippen LogP contribution < -0.4 is 10.1 Å². The predicted molar refractivity (Wildman–Crippen MR) is 62.3 cm³/mol. The van der Waals surface area contributed by atoms with Crippen molar-refractivity contribution in [2.75, 3.05) is 13.2 Å². The molecule has 92 valence electrons. The van der Waals surface area contributed by atoms with Crippen LogP contribution in [0.1, 0.15) is 6.92 Å². The number of carbonyl (C=O) groups is 1. The first-order valence-corrected chi connectivity index (χ1v) is 5.25. The molecule has 0 atom stereocenters. The molecule has 0 aliphatic heterocycles. The minimum absolute atomic E-state index is 0.0197. The van der Waals surface area contributed by atoms with Crippen LogP contribution in [0.25, 0.3) is 0 Å². The second-order valence-electron chi connectivity index (χ2n) is 3.11. The zero-order valence-electron chi connectivity index (χ0n) is 9.10. The fraction of sp³-hybridized carbons (Fsp3) is 0.300. The van der Waals surface area contributed by atoms with Gasteiger partial charge >= 0.3 is 5.69 Å². The third-order valence-corrected chi connectivity index (χ3v) is 2.09. The third-order valence-electron chi connectivity index (χ3n) is 1.85. The van der Waals surface area contributed by atoms with Crippen molar-refractivity contribution >= 4 is 23.2 Å². The van der Waals surface area contributed by atoms with Crippen molar-refractivity contribution in [3.63, 3.8) is 0 Å². The lowest BCUT2D eigenvalue weighted by atomic mass is 10.3. The Bertz CT molecular complexity index is 436. The molecule has 0 fully saturated rings. The highest BCUT2D eigenvalue weighted by molar-refractivity contribution is 6.30. The maximum atomic E-state index is 11.1. The van der Waals surface area contributed by atoms with Gasteiger partial charge in [0.1, 0.15) is 0 Å². The van der Waals surface area contributed by atoms with E-state index in [1.807, 2.05) is 0 Å². The number of nitro benzene ring substituents is 1. The Morgan fingerprint density at radius 2 is 2.29 bits per heavy atom. The maximum Gasteiger partial charge on any atom is 0.311 e. The van der Waals surface area contributed by atoms with Gasteiger partial charge in [0, 0.05) is 23.7 Å². The van der Waals surface area contributed by atoms with E-state index < -0.39 is 4.92 Å². The number of nitrogens with one attached hydrogen (secondary N) is 1. The number of hydrogen-bond donors (Lipinski definition) is 1. The zero-order chi connectivity index (χ0) is 12.8. The van der Waals surface area contributed by atoms with Crippen LogP contribution in [-0.4, -0.2) is 24.0 Å². The summed E-state index contributed by atoms with van der Waals surface area (Å²) in [5.74, 6) is -0.365. The molecule has 1 rings (SSSR count). The molecule has 0 bridgehead atoms. The van der Waals surface area contributed by atoms with Gasteiger partial charge in [0.2, 0.25) is 0 Å². The highest BCUT2D eigenvalue weighted by Crippen LogP contribution is 2.29. The third kappa shape index (κ3) is 3.92. The van der Waals surface area contributed by atoms with E-state index in [1.165, 1.54) is 18.2 Å². The Morgan fingerprint density at radius 1 is 1.59 bits per heavy atom. The Balaban J connectivity index is 2.78. The van der Waals surface area contributed by atoms with Crippen molar-refractivity contribution in [1.29, 1.82) is 0 Å². The van der Waals surface area contributed by atoms with Gasteiger partial charge in [0.25, 0.3) is 5.91 Å². The Hall–Kier alpha value is -1.82. The minimum atomic E-state index is -0.594. The molecule has 0 unspecified atom stereocenters. The fourth-order valence-electron chi connectivity index (χ4n) is 1.15. The molecule has 0 heterocycles. The van der Waals surface area contributed by atoms with E-state index in [0.29, 0.717) is 11.6 Å². The van der Waals surface area contributed by atoms with Gasteiger partial charge in [-0.05, 0) is 13.0 Å². The molecule has 0 aliphatic rings. The van der Waals surface area contributed by atoms with Gasteiger partial charge in [0.15, 0.2) is 12.4 Å². The quantitative estimate of drug-likeness (QED) is 0.644. The normalized spacial score (nSPS) is 9.76. The first-order chi connectivity index (χ1) is 8.04. The molecule has 1 aromatic rings. The lowest BCUT2D eigenvalue weighted by molar-refractivity contribution is -0.385. The fourth-order valence-corrected chi connectivity index (χ4v) is 1.31. The van der Waals surface area contributed by atoms with E-state index in [1.54, 1.807) is 6.92 Å². The van der Waals surface area contributed by atoms with Crippen LogP contribution in [0.2, 0.25) is 5.02 Å². The molecule has 1 aromatic carbocycles. The molecule has 0 aromatic heterocycles. The van der Waals surface area contributed by atoms with Gasteiger partial charge in [-0.25, -0.2) is 0 Å². The molecule has 1 N–H and O–H groups in total. The van der Waals surface area contributed by atoms with E-state index in [2.05, 4.69) is 5.32 Å². The number of rotatable bonds is 5. The first kappa shape index (κ1) is 13.2. The van der Waals surface area contributed by atoms with Crippen LogP contribution in [0.5, 0.6) is 5.75 Å². The summed E-state index contributed by atoms with van der Waals surface area (Å²) in [5, 5.41) is 13.5. The first-order valence-electron chi connectivity index (χ1n) is 4.88. The van der Waals surface area contributed by atoms with Gasteiger partial charge in [0.05, 0.1) is 4.92 Å². The maximum absolute atomic E-state index is 11.1. The molecule has 0 saturated carbocycles. The monoisotopic (exact) mass is 258 g/mol. The van der Waals surface area contributed by atoms with Gasteiger partial charge in [-0.2, -0.15) is 0 Å². The number of halogens is 1. The molecule has 17 heavy (non-hydrogen) atoms. The van der Waals surface area contributed by atoms with E-state index in [9.17, 15) is 14.9 Å². The lowest BCUT2D eigenvalue weighted by Gasteiger charge is -2.06. The summed E-state index contributed by atoms with van der Waals surface area (Å²) < 4.78 is 5.06. The topological polar surface area (TPSA) is 81.5 Å². The van der Waals surface area contributed by atoms with E-state index >= 15 is 0 Å². The van der Waals surface area contributed by atoms with Gasteiger partial charge in [-0.3, -0.25) is 14.9 Å². The molecule has 0 aliphatic carbocycles. The van der Waals surface area contributed by atoms with Crippen molar-refractivity contribution in [2.24, 2.45) is 0 Å². The number of hydrogen-bond acceptors (Lipinski definition) is 4. The van der Waals surface area contributed by atoms with Gasteiger partial charge in [-0.1, -0.05) is 11.6 Å². The molecule has 7 heteroatoms. The van der Waals surface area contributed by atoms with Crippen LogP contribution in [0.4, 0.5) is 5.69 Å². The lowest BCUT2D eigenvalue weighted by Crippen LogP contribution is -2.28. The summed E-state index contributed by atoms with van der Waals surface area (Å²) in [6, 6.07) is 3.92. The Morgan fingerprint density at radius 3 is 2.88 bits per heavy atom. The summed E-state index contributed by atoms with van der Waals surface area (Å²) in [4.78, 5) is 21.2. The van der Waals surface area contributed by atoms with E-state index in [4.69, 9.17) is 16.3 Å². The number of benzene rings is 1. The number of ether oxygens (including phenoxy) is 1. The smallest absolute Gasteiger partial charge is 0.311 e. The highest BCUT2D eigenvalue weighted by Gasteiger charge is 2.16. The van der Waals surface area contributed by atoms with Gasteiger partial charge in [-0.15, -0.1) is 0 Å². The summed E-state index contributed by atoms with van der Waals surface area (Å²) in [7, 11) is 0. The average molecular weight is 259 g/mol. The highest BCUT2D eigenvalue weighted by atomic mass is 35.5. The second-order valence-corrected chi connectivity index (χ2v) is 3.55. The molecular weight excluding hydrogens is 248 g/mol. The SMILES string of the molecule is CCNC(=O)COc1cc(Cl)ccc1[N+](=O)[O-]. The number of carbonyl (C=O) groups excluding carboxylic acids is 1. The van der Waals surface area contributed by atoms with Crippen molar-refractivity contribution in [2.45, 2.75) is 6.92 Å². The molecule has 6 nitrogen and oxygen atoms in total. The summed E-state index contributed by atoms with van der Waals surface area (Å²) in [6.45, 7) is 1.95. The largest absolute Gasteiger partial charge is 0.477 e. The number of nitro groups is 1. The van der Waals surface area contributed by atoms with Crippen molar-refractivity contribution in [3.05, 3.63) is 33.3 Å². The molecule has 0 radical (unpaired) electrons. The van der Waals surface area contributed by atoms with Crippen LogP contribution in [0, 0.1) is 10.1 Å². The number of likely N-dealkylation sites (N-methyl/N-ethyl adjacent to an activating group) is 1. The van der Waals surface area contributed by atoms with Crippen molar-refractivity contribution < 1.29 is 14.5 Å². The second kappa shape index (κ2) is 6.05. The molecular formula is C10H11ClN2O4. The van der Waals surface area contributed by atoms with Crippen LogP contribution in [0.15, 0.2) is 18.2 Å². The van der Waals surface area contributed by atoms with Crippen LogP contribution >= 0.6 is 11.6 Å².